The Morgan fingerprint density at radius 3 is 2.36 bits per heavy atom. The summed E-state index contributed by atoms with van der Waals surface area (Å²) >= 11 is 12.0. The van der Waals surface area contributed by atoms with Crippen molar-refractivity contribution in [1.29, 1.82) is 0 Å². The van der Waals surface area contributed by atoms with Crippen LogP contribution in [-0.2, 0) is 4.79 Å². The number of benzene rings is 2. The summed E-state index contributed by atoms with van der Waals surface area (Å²) in [5.41, 5.74) is 1.04. The highest BCUT2D eigenvalue weighted by atomic mass is 35.5. The van der Waals surface area contributed by atoms with E-state index in [4.69, 9.17) is 23.2 Å². The molecule has 0 aromatic heterocycles. The molecule has 2 atom stereocenters. The second-order valence-corrected chi connectivity index (χ2v) is 6.57. The van der Waals surface area contributed by atoms with Crippen molar-refractivity contribution in [2.24, 2.45) is 0 Å². The van der Waals surface area contributed by atoms with Gasteiger partial charge < -0.3 is 10.6 Å². The smallest absolute Gasteiger partial charge is 0.234 e. The molecule has 3 nitrogen and oxygen atoms in total. The lowest BCUT2D eigenvalue weighted by Crippen LogP contribution is -2.36. The van der Waals surface area contributed by atoms with Crippen molar-refractivity contribution >= 4 is 29.1 Å². The van der Waals surface area contributed by atoms with Gasteiger partial charge in [-0.2, -0.15) is 0 Å². The van der Waals surface area contributed by atoms with E-state index in [1.807, 2.05) is 0 Å². The third kappa shape index (κ3) is 5.39. The van der Waals surface area contributed by atoms with Gasteiger partial charge in [0, 0.05) is 27.7 Å². The molecule has 0 heterocycles. The van der Waals surface area contributed by atoms with Crippen molar-refractivity contribution in [3.05, 3.63) is 69.2 Å². The Kier molecular flexibility index (Phi) is 6.76. The largest absolute Gasteiger partial charge is 0.348 e. The molecule has 2 aromatic carbocycles. The first-order chi connectivity index (χ1) is 11.8. The van der Waals surface area contributed by atoms with Crippen LogP contribution in [0.3, 0.4) is 0 Å². The fraction of sp³-hybridized carbons (Fsp3) is 0.278. The molecule has 0 saturated heterocycles. The molecular formula is C18H18Cl2F2N2O. The zero-order valence-electron chi connectivity index (χ0n) is 13.7. The van der Waals surface area contributed by atoms with Crippen LogP contribution in [-0.4, -0.2) is 12.5 Å². The van der Waals surface area contributed by atoms with Crippen LogP contribution in [0.4, 0.5) is 8.78 Å². The molecular weight excluding hydrogens is 369 g/mol. The zero-order chi connectivity index (χ0) is 18.6. The Balaban J connectivity index is 1.91. The van der Waals surface area contributed by atoms with Crippen LogP contribution in [0.25, 0.3) is 0 Å². The van der Waals surface area contributed by atoms with Crippen LogP contribution in [0, 0.1) is 11.6 Å². The van der Waals surface area contributed by atoms with E-state index in [1.165, 1.54) is 12.1 Å². The van der Waals surface area contributed by atoms with Crippen molar-refractivity contribution in [2.75, 3.05) is 6.54 Å². The highest BCUT2D eigenvalue weighted by molar-refractivity contribution is 6.35. The summed E-state index contributed by atoms with van der Waals surface area (Å²) in [6.07, 6.45) is 0. The van der Waals surface area contributed by atoms with Crippen LogP contribution in [0.5, 0.6) is 0 Å². The van der Waals surface area contributed by atoms with E-state index in [2.05, 4.69) is 10.6 Å². The van der Waals surface area contributed by atoms with Gasteiger partial charge in [-0.25, -0.2) is 8.78 Å². The predicted octanol–water partition coefficient (Wildman–Crippen LogP) is 4.80. The standard InChI is InChI=1S/C18H18Cl2F2N2O/c1-10(15-6-4-13(21)8-17(15)22)23-9-18(25)24-11(2)14-5-3-12(19)7-16(14)20/h3-8,10-11,23H,9H2,1-2H3,(H,24,25)/t10-,11+/m0/s1. The molecule has 0 saturated carbocycles. The minimum absolute atomic E-state index is 0.0203. The lowest BCUT2D eigenvalue weighted by Gasteiger charge is -2.18. The molecule has 2 rings (SSSR count). The van der Waals surface area contributed by atoms with Gasteiger partial charge in [-0.15, -0.1) is 0 Å². The third-order valence-corrected chi connectivity index (χ3v) is 4.37. The Bertz CT molecular complexity index is 771. The predicted molar refractivity (Wildman–Crippen MR) is 95.8 cm³/mol. The molecule has 0 fully saturated rings. The summed E-state index contributed by atoms with van der Waals surface area (Å²) in [6.45, 7) is 3.48. The topological polar surface area (TPSA) is 41.1 Å². The van der Waals surface area contributed by atoms with Gasteiger partial charge >= 0.3 is 0 Å². The van der Waals surface area contributed by atoms with Crippen molar-refractivity contribution < 1.29 is 13.6 Å². The lowest BCUT2D eigenvalue weighted by molar-refractivity contribution is -0.121. The number of halogens is 4. The Morgan fingerprint density at radius 2 is 1.72 bits per heavy atom. The maximum absolute atomic E-state index is 13.7. The fourth-order valence-electron chi connectivity index (χ4n) is 2.43. The normalized spacial score (nSPS) is 13.4. The number of rotatable bonds is 6. The second-order valence-electron chi connectivity index (χ2n) is 5.72. The number of hydrogen-bond donors (Lipinski definition) is 2. The molecule has 7 heteroatoms. The molecule has 0 spiro atoms. The highest BCUT2D eigenvalue weighted by Crippen LogP contribution is 2.26. The molecule has 134 valence electrons. The number of carbonyl (C=O) groups excluding carboxylic acids is 1. The SMILES string of the molecule is C[C@H](NCC(=O)N[C@H](C)c1ccc(Cl)cc1Cl)c1ccc(F)cc1F. The molecule has 2 aromatic rings. The summed E-state index contributed by atoms with van der Waals surface area (Å²) < 4.78 is 26.7. The van der Waals surface area contributed by atoms with Crippen LogP contribution >= 0.6 is 23.2 Å². The number of amides is 1. The molecule has 0 unspecified atom stereocenters. The Labute approximate surface area is 155 Å². The maximum Gasteiger partial charge on any atom is 0.234 e. The van der Waals surface area contributed by atoms with Crippen molar-refractivity contribution in [3.8, 4) is 0 Å². The van der Waals surface area contributed by atoms with Gasteiger partial charge in [0.15, 0.2) is 0 Å². The lowest BCUT2D eigenvalue weighted by atomic mass is 10.1. The van der Waals surface area contributed by atoms with E-state index in [1.54, 1.807) is 32.0 Å². The Hall–Kier alpha value is -1.69. The van der Waals surface area contributed by atoms with Crippen LogP contribution in [0.1, 0.15) is 37.1 Å². The first-order valence-corrected chi connectivity index (χ1v) is 8.46. The van der Waals surface area contributed by atoms with E-state index in [-0.39, 0.29) is 18.5 Å². The van der Waals surface area contributed by atoms with Gasteiger partial charge in [-0.3, -0.25) is 4.79 Å². The van der Waals surface area contributed by atoms with Crippen LogP contribution < -0.4 is 10.6 Å². The Morgan fingerprint density at radius 1 is 1.04 bits per heavy atom. The van der Waals surface area contributed by atoms with Gasteiger partial charge in [0.25, 0.3) is 0 Å². The van der Waals surface area contributed by atoms with E-state index in [0.29, 0.717) is 15.6 Å². The van der Waals surface area contributed by atoms with Gasteiger partial charge in [0.05, 0.1) is 12.6 Å². The van der Waals surface area contributed by atoms with Crippen LogP contribution in [0.15, 0.2) is 36.4 Å². The average molecular weight is 387 g/mol. The van der Waals surface area contributed by atoms with Gasteiger partial charge in [-0.05, 0) is 37.6 Å². The van der Waals surface area contributed by atoms with E-state index < -0.39 is 17.7 Å². The van der Waals surface area contributed by atoms with Gasteiger partial charge in [0.2, 0.25) is 5.91 Å². The molecule has 2 N–H and O–H groups in total. The summed E-state index contributed by atoms with van der Waals surface area (Å²) in [7, 11) is 0. The number of hydrogen-bond acceptors (Lipinski definition) is 2. The molecule has 0 aliphatic carbocycles. The molecule has 0 aliphatic heterocycles. The minimum Gasteiger partial charge on any atom is -0.348 e. The summed E-state index contributed by atoms with van der Waals surface area (Å²) in [6, 6.07) is 7.66. The van der Waals surface area contributed by atoms with E-state index in [0.717, 1.165) is 11.6 Å². The number of carbonyl (C=O) groups is 1. The number of nitrogens with one attached hydrogen (secondary N) is 2. The van der Waals surface area contributed by atoms with Gasteiger partial charge in [0.1, 0.15) is 11.6 Å². The van der Waals surface area contributed by atoms with Crippen molar-refractivity contribution in [3.63, 3.8) is 0 Å². The third-order valence-electron chi connectivity index (χ3n) is 3.80. The minimum atomic E-state index is -0.651. The van der Waals surface area contributed by atoms with Crippen LogP contribution in [0.2, 0.25) is 10.0 Å². The molecule has 0 aliphatic rings. The van der Waals surface area contributed by atoms with Crippen molar-refractivity contribution in [1.82, 2.24) is 10.6 Å². The molecule has 1 amide bonds. The molecule has 25 heavy (non-hydrogen) atoms. The van der Waals surface area contributed by atoms with E-state index >= 15 is 0 Å². The fourth-order valence-corrected chi connectivity index (χ4v) is 3.00. The molecule has 0 radical (unpaired) electrons. The monoisotopic (exact) mass is 386 g/mol. The van der Waals surface area contributed by atoms with Gasteiger partial charge in [-0.1, -0.05) is 35.3 Å². The first-order valence-electron chi connectivity index (χ1n) is 7.70. The first kappa shape index (κ1) is 19.6. The maximum atomic E-state index is 13.7. The highest BCUT2D eigenvalue weighted by Gasteiger charge is 2.15. The second kappa shape index (κ2) is 8.61. The zero-order valence-corrected chi connectivity index (χ0v) is 15.3. The average Bonchev–Trinajstić information content (AvgIpc) is 2.52. The quantitative estimate of drug-likeness (QED) is 0.748. The summed E-state index contributed by atoms with van der Waals surface area (Å²) in [5.74, 6) is -1.56. The van der Waals surface area contributed by atoms with Crippen molar-refractivity contribution in [2.45, 2.75) is 25.9 Å². The van der Waals surface area contributed by atoms with E-state index in [9.17, 15) is 13.6 Å². The summed E-state index contributed by atoms with van der Waals surface area (Å²) in [5, 5.41) is 6.70. The molecule has 0 bridgehead atoms. The summed E-state index contributed by atoms with van der Waals surface area (Å²) in [4.78, 5) is 12.1.